The second-order valence-corrected chi connectivity index (χ2v) is 6.22. The summed E-state index contributed by atoms with van der Waals surface area (Å²) < 4.78 is 0. The van der Waals surface area contributed by atoms with E-state index in [0.717, 1.165) is 22.0 Å². The van der Waals surface area contributed by atoms with Crippen LogP contribution in [0, 0.1) is 6.92 Å². The van der Waals surface area contributed by atoms with Gasteiger partial charge in [-0.1, -0.05) is 29.8 Å². The molecule has 0 atom stereocenters. The highest BCUT2D eigenvalue weighted by molar-refractivity contribution is 6.39. The molecule has 0 unspecified atom stereocenters. The third-order valence-corrected chi connectivity index (χ3v) is 4.23. The van der Waals surface area contributed by atoms with Crippen molar-refractivity contribution >= 4 is 40.0 Å². The van der Waals surface area contributed by atoms with Crippen molar-refractivity contribution in [2.24, 2.45) is 0 Å². The topological polar surface area (TPSA) is 74.0 Å². The van der Waals surface area contributed by atoms with Gasteiger partial charge in [0.2, 0.25) is 0 Å². The Balaban J connectivity index is 1.54. The Hall–Kier alpha value is -2.79. The zero-order chi connectivity index (χ0) is 17.8. The maximum Gasteiger partial charge on any atom is 0.313 e. The molecule has 3 N–H and O–H groups in total. The number of benzene rings is 2. The number of halogens is 1. The molecule has 0 bridgehead atoms. The van der Waals surface area contributed by atoms with E-state index in [1.165, 1.54) is 0 Å². The van der Waals surface area contributed by atoms with Crippen molar-refractivity contribution in [3.8, 4) is 0 Å². The number of H-pyrrole nitrogens is 1. The number of anilines is 1. The number of nitrogens with one attached hydrogen (secondary N) is 3. The summed E-state index contributed by atoms with van der Waals surface area (Å²) >= 11 is 5.88. The number of carbonyl (C=O) groups excluding carboxylic acids is 2. The number of rotatable bonds is 4. The van der Waals surface area contributed by atoms with Gasteiger partial charge in [0.05, 0.1) is 0 Å². The molecule has 1 heterocycles. The van der Waals surface area contributed by atoms with Gasteiger partial charge in [0, 0.05) is 34.4 Å². The first-order chi connectivity index (χ1) is 12.0. The summed E-state index contributed by atoms with van der Waals surface area (Å²) in [6.45, 7) is 2.20. The van der Waals surface area contributed by atoms with Crippen molar-refractivity contribution in [1.82, 2.24) is 10.3 Å². The number of fused-ring (bicyclic) bond motifs is 1. The zero-order valence-corrected chi connectivity index (χ0v) is 14.5. The second-order valence-electron chi connectivity index (χ2n) is 5.78. The van der Waals surface area contributed by atoms with Gasteiger partial charge in [-0.25, -0.2) is 0 Å². The van der Waals surface area contributed by atoms with Gasteiger partial charge >= 0.3 is 11.8 Å². The monoisotopic (exact) mass is 355 g/mol. The molecule has 0 aliphatic heterocycles. The van der Waals surface area contributed by atoms with Crippen LogP contribution in [-0.2, 0) is 16.0 Å². The molecule has 25 heavy (non-hydrogen) atoms. The number of amides is 2. The highest BCUT2D eigenvalue weighted by atomic mass is 35.5. The average molecular weight is 356 g/mol. The number of aromatic amines is 1. The fourth-order valence-corrected chi connectivity index (χ4v) is 2.90. The van der Waals surface area contributed by atoms with E-state index in [-0.39, 0.29) is 0 Å². The van der Waals surface area contributed by atoms with Gasteiger partial charge < -0.3 is 15.6 Å². The van der Waals surface area contributed by atoms with Crippen molar-refractivity contribution in [1.29, 1.82) is 0 Å². The summed E-state index contributed by atoms with van der Waals surface area (Å²) in [6.07, 6.45) is 2.57. The van der Waals surface area contributed by atoms with Crippen LogP contribution in [0.4, 0.5) is 5.69 Å². The van der Waals surface area contributed by atoms with Crippen LogP contribution in [0.15, 0.2) is 48.7 Å². The Labute approximate surface area is 150 Å². The SMILES string of the molecule is Cc1cc(Cl)ccc1NC(=O)C(=O)NCCc1c[nH]c2ccccc12. The second kappa shape index (κ2) is 7.40. The summed E-state index contributed by atoms with van der Waals surface area (Å²) in [6, 6.07) is 13.0. The highest BCUT2D eigenvalue weighted by Crippen LogP contribution is 2.19. The minimum Gasteiger partial charge on any atom is -0.361 e. The fourth-order valence-electron chi connectivity index (χ4n) is 2.68. The predicted octanol–water partition coefficient (Wildman–Crippen LogP) is 3.43. The summed E-state index contributed by atoms with van der Waals surface area (Å²) in [5.74, 6) is -1.35. The molecule has 0 fully saturated rings. The largest absolute Gasteiger partial charge is 0.361 e. The first kappa shape index (κ1) is 17.0. The van der Waals surface area contributed by atoms with Crippen molar-refractivity contribution in [3.63, 3.8) is 0 Å². The quantitative estimate of drug-likeness (QED) is 0.627. The van der Waals surface area contributed by atoms with E-state index in [4.69, 9.17) is 11.6 Å². The van der Waals surface area contributed by atoms with Crippen LogP contribution in [-0.4, -0.2) is 23.3 Å². The molecule has 2 amide bonds. The van der Waals surface area contributed by atoms with E-state index in [2.05, 4.69) is 15.6 Å². The summed E-state index contributed by atoms with van der Waals surface area (Å²) in [5.41, 5.74) is 3.53. The lowest BCUT2D eigenvalue weighted by molar-refractivity contribution is -0.136. The van der Waals surface area contributed by atoms with E-state index in [1.54, 1.807) is 18.2 Å². The van der Waals surface area contributed by atoms with E-state index in [9.17, 15) is 9.59 Å². The van der Waals surface area contributed by atoms with Gasteiger partial charge in [-0.2, -0.15) is 0 Å². The van der Waals surface area contributed by atoms with E-state index in [1.807, 2.05) is 37.4 Å². The zero-order valence-electron chi connectivity index (χ0n) is 13.7. The molecule has 5 nitrogen and oxygen atoms in total. The molecule has 0 saturated carbocycles. The van der Waals surface area contributed by atoms with Gasteiger partial charge in [0.15, 0.2) is 0 Å². The minimum atomic E-state index is -0.690. The molecule has 0 aliphatic rings. The lowest BCUT2D eigenvalue weighted by atomic mass is 10.1. The van der Waals surface area contributed by atoms with E-state index in [0.29, 0.717) is 23.7 Å². The number of para-hydroxylation sites is 1. The first-order valence-electron chi connectivity index (χ1n) is 7.95. The number of hydrogen-bond donors (Lipinski definition) is 3. The Kier molecular flexibility index (Phi) is 5.05. The van der Waals surface area contributed by atoms with Gasteiger partial charge in [-0.3, -0.25) is 9.59 Å². The number of hydrogen-bond acceptors (Lipinski definition) is 2. The standard InChI is InChI=1S/C19H18ClN3O2/c1-12-10-14(20)6-7-16(12)23-19(25)18(24)21-9-8-13-11-22-17-5-3-2-4-15(13)17/h2-7,10-11,22H,8-9H2,1H3,(H,21,24)(H,23,25). The average Bonchev–Trinajstić information content (AvgIpc) is 3.00. The molecule has 3 aromatic rings. The Morgan fingerprint density at radius 2 is 1.92 bits per heavy atom. The third kappa shape index (κ3) is 4.00. The van der Waals surface area contributed by atoms with Crippen molar-refractivity contribution < 1.29 is 9.59 Å². The smallest absolute Gasteiger partial charge is 0.313 e. The van der Waals surface area contributed by atoms with E-state index >= 15 is 0 Å². The molecule has 0 spiro atoms. The first-order valence-corrected chi connectivity index (χ1v) is 8.33. The van der Waals surface area contributed by atoms with Crippen molar-refractivity contribution in [3.05, 3.63) is 64.8 Å². The van der Waals surface area contributed by atoms with Gasteiger partial charge in [0.25, 0.3) is 0 Å². The normalized spacial score (nSPS) is 10.6. The molecule has 0 saturated heterocycles. The summed E-state index contributed by atoms with van der Waals surface area (Å²) in [7, 11) is 0. The van der Waals surface area contributed by atoms with Crippen LogP contribution >= 0.6 is 11.6 Å². The molecule has 3 rings (SSSR count). The maximum atomic E-state index is 12.0. The summed E-state index contributed by atoms with van der Waals surface area (Å²) in [4.78, 5) is 27.1. The summed E-state index contributed by atoms with van der Waals surface area (Å²) in [5, 5.41) is 6.95. The molecule has 1 aromatic heterocycles. The van der Waals surface area contributed by atoms with Crippen LogP contribution in [0.25, 0.3) is 10.9 Å². The lowest BCUT2D eigenvalue weighted by Gasteiger charge is -2.09. The van der Waals surface area contributed by atoms with Gasteiger partial charge in [-0.05, 0) is 48.7 Å². The molecule has 0 aliphatic carbocycles. The van der Waals surface area contributed by atoms with Crippen LogP contribution < -0.4 is 10.6 Å². The number of carbonyl (C=O) groups is 2. The molecule has 128 valence electrons. The molecule has 0 radical (unpaired) electrons. The third-order valence-electron chi connectivity index (χ3n) is 4.00. The van der Waals surface area contributed by atoms with Gasteiger partial charge in [-0.15, -0.1) is 0 Å². The van der Waals surface area contributed by atoms with Gasteiger partial charge in [0.1, 0.15) is 0 Å². The number of aryl methyl sites for hydroxylation is 1. The Bertz CT molecular complexity index is 933. The van der Waals surface area contributed by atoms with Crippen molar-refractivity contribution in [2.45, 2.75) is 13.3 Å². The van der Waals surface area contributed by atoms with Crippen LogP contribution in [0.3, 0.4) is 0 Å². The fraction of sp³-hybridized carbons (Fsp3) is 0.158. The van der Waals surface area contributed by atoms with Crippen LogP contribution in [0.2, 0.25) is 5.02 Å². The Morgan fingerprint density at radius 3 is 2.72 bits per heavy atom. The molecule has 6 heteroatoms. The van der Waals surface area contributed by atoms with Crippen molar-refractivity contribution in [2.75, 3.05) is 11.9 Å². The van der Waals surface area contributed by atoms with E-state index < -0.39 is 11.8 Å². The Morgan fingerprint density at radius 1 is 1.12 bits per heavy atom. The number of aromatic nitrogens is 1. The predicted molar refractivity (Wildman–Crippen MR) is 99.8 cm³/mol. The van der Waals surface area contributed by atoms with Crippen LogP contribution in [0.5, 0.6) is 0 Å². The molecular formula is C19H18ClN3O2. The minimum absolute atomic E-state index is 0.383. The highest BCUT2D eigenvalue weighted by Gasteiger charge is 2.14. The molecule has 2 aromatic carbocycles. The van der Waals surface area contributed by atoms with Crippen LogP contribution in [0.1, 0.15) is 11.1 Å². The lowest BCUT2D eigenvalue weighted by Crippen LogP contribution is -2.36. The molecular weight excluding hydrogens is 338 g/mol. The maximum absolute atomic E-state index is 12.0.